The van der Waals surface area contributed by atoms with Crippen molar-refractivity contribution < 1.29 is 19.1 Å². The molecule has 6 heteroatoms. The van der Waals surface area contributed by atoms with E-state index >= 15 is 0 Å². The van der Waals surface area contributed by atoms with Gasteiger partial charge in [0.05, 0.1) is 19.6 Å². The number of furan rings is 1. The maximum atomic E-state index is 13.8. The van der Waals surface area contributed by atoms with Gasteiger partial charge in [0.15, 0.2) is 0 Å². The number of aliphatic hydroxyl groups is 1. The second kappa shape index (κ2) is 10.2. The van der Waals surface area contributed by atoms with Crippen molar-refractivity contribution in [3.63, 3.8) is 0 Å². The third-order valence-corrected chi connectivity index (χ3v) is 8.04. The van der Waals surface area contributed by atoms with E-state index < -0.39 is 5.60 Å². The maximum Gasteiger partial charge on any atom is 0.227 e. The Balaban J connectivity index is 1.27. The number of benzene rings is 3. The van der Waals surface area contributed by atoms with E-state index in [4.69, 9.17) is 9.15 Å². The fraction of sp³-hybridized carbons (Fsp3) is 0.273. The van der Waals surface area contributed by atoms with Crippen molar-refractivity contribution in [3.8, 4) is 5.75 Å². The fourth-order valence-corrected chi connectivity index (χ4v) is 5.79. The van der Waals surface area contributed by atoms with E-state index in [1.54, 1.807) is 20.2 Å². The standard InChI is InChI=1S/C33H32N2O4/c1-33(37,26-12-15-34-16-13-26)30-21-25-18-22(8-11-29(25)39-30)19-31(36)35-17-14-24-20-27(38-2)9-10-28(24)32(35)23-6-4-3-5-7-23/h3-12,15-16,18,20-21,26,32,37H,13-14,17,19H2,1-2H3. The smallest absolute Gasteiger partial charge is 0.227 e. The number of ether oxygens (including phenoxy) is 1. The molecular weight excluding hydrogens is 488 g/mol. The first-order valence-corrected chi connectivity index (χ1v) is 13.4. The molecule has 0 spiro atoms. The number of amides is 1. The van der Waals surface area contributed by atoms with Crippen LogP contribution in [0.15, 0.2) is 94.5 Å². The highest BCUT2D eigenvalue weighted by molar-refractivity contribution is 5.84. The van der Waals surface area contributed by atoms with E-state index in [1.807, 2.05) is 65.7 Å². The number of nitrogens with zero attached hydrogens (tertiary/aromatic N) is 2. The minimum absolute atomic E-state index is 0.0759. The van der Waals surface area contributed by atoms with Crippen molar-refractivity contribution in [2.75, 3.05) is 13.7 Å². The number of carbonyl (C=O) groups is 1. The molecule has 3 aromatic carbocycles. The van der Waals surface area contributed by atoms with Gasteiger partial charge in [0, 0.05) is 30.3 Å². The SMILES string of the molecule is COc1ccc2c(c1)CCN(C(=O)Cc1ccc3oc(C(C)(O)C4C=CN=CC4)cc3c1)C2c1ccccc1. The topological polar surface area (TPSA) is 75.3 Å². The summed E-state index contributed by atoms with van der Waals surface area (Å²) < 4.78 is 11.5. The maximum absolute atomic E-state index is 13.8. The highest BCUT2D eigenvalue weighted by atomic mass is 16.5. The summed E-state index contributed by atoms with van der Waals surface area (Å²) in [5.74, 6) is 1.30. The van der Waals surface area contributed by atoms with Crippen LogP contribution in [0.1, 0.15) is 47.4 Å². The molecule has 1 amide bonds. The summed E-state index contributed by atoms with van der Waals surface area (Å²) in [7, 11) is 1.68. The van der Waals surface area contributed by atoms with Gasteiger partial charge in [-0.25, -0.2) is 0 Å². The van der Waals surface area contributed by atoms with Crippen molar-refractivity contribution in [1.29, 1.82) is 0 Å². The van der Waals surface area contributed by atoms with Gasteiger partial charge in [-0.3, -0.25) is 9.79 Å². The van der Waals surface area contributed by atoms with Gasteiger partial charge in [0.25, 0.3) is 0 Å². The van der Waals surface area contributed by atoms with E-state index in [-0.39, 0.29) is 24.3 Å². The average Bonchev–Trinajstić information content (AvgIpc) is 3.41. The number of fused-ring (bicyclic) bond motifs is 2. The fourth-order valence-electron chi connectivity index (χ4n) is 5.79. The number of aliphatic imine (C=N–C) groups is 1. The van der Waals surface area contributed by atoms with Crippen molar-refractivity contribution in [3.05, 3.63) is 113 Å². The van der Waals surface area contributed by atoms with E-state index in [1.165, 1.54) is 5.56 Å². The molecule has 0 radical (unpaired) electrons. The van der Waals surface area contributed by atoms with Gasteiger partial charge in [0.1, 0.15) is 22.7 Å². The van der Waals surface area contributed by atoms with E-state index in [0.29, 0.717) is 24.3 Å². The summed E-state index contributed by atoms with van der Waals surface area (Å²) in [6.45, 7) is 2.41. The molecular formula is C33H32N2O4. The van der Waals surface area contributed by atoms with Crippen LogP contribution in [0.25, 0.3) is 11.0 Å². The summed E-state index contributed by atoms with van der Waals surface area (Å²) in [5.41, 5.74) is 3.89. The summed E-state index contributed by atoms with van der Waals surface area (Å²) in [4.78, 5) is 19.9. The van der Waals surface area contributed by atoms with E-state index in [2.05, 4.69) is 29.3 Å². The molecule has 4 aromatic rings. The summed E-state index contributed by atoms with van der Waals surface area (Å²) in [6.07, 6.45) is 7.14. The molecule has 39 heavy (non-hydrogen) atoms. The zero-order chi connectivity index (χ0) is 27.0. The molecule has 2 aliphatic rings. The third kappa shape index (κ3) is 4.77. The Morgan fingerprint density at radius 3 is 2.74 bits per heavy atom. The van der Waals surface area contributed by atoms with Crippen LogP contribution in [0.3, 0.4) is 0 Å². The van der Waals surface area contributed by atoms with Crippen molar-refractivity contribution in [2.24, 2.45) is 10.9 Å². The molecule has 0 fully saturated rings. The van der Waals surface area contributed by atoms with Gasteiger partial charge in [-0.15, -0.1) is 0 Å². The zero-order valence-corrected chi connectivity index (χ0v) is 22.2. The molecule has 0 bridgehead atoms. The monoisotopic (exact) mass is 520 g/mol. The minimum Gasteiger partial charge on any atom is -0.497 e. The lowest BCUT2D eigenvalue weighted by atomic mass is 9.84. The Labute approximate surface area is 228 Å². The summed E-state index contributed by atoms with van der Waals surface area (Å²) >= 11 is 0. The Morgan fingerprint density at radius 1 is 1.13 bits per heavy atom. The van der Waals surface area contributed by atoms with Gasteiger partial charge in [-0.2, -0.15) is 0 Å². The molecule has 198 valence electrons. The highest BCUT2D eigenvalue weighted by Gasteiger charge is 2.36. The van der Waals surface area contributed by atoms with Crippen LogP contribution in [0, 0.1) is 5.92 Å². The normalized spacial score (nSPS) is 20.0. The van der Waals surface area contributed by atoms with Crippen molar-refractivity contribution in [2.45, 2.75) is 37.8 Å². The Kier molecular flexibility index (Phi) is 6.57. The minimum atomic E-state index is -1.16. The predicted octanol–water partition coefficient (Wildman–Crippen LogP) is 5.97. The van der Waals surface area contributed by atoms with Gasteiger partial charge >= 0.3 is 0 Å². The molecule has 1 N–H and O–H groups in total. The molecule has 3 atom stereocenters. The second-order valence-electron chi connectivity index (χ2n) is 10.5. The summed E-state index contributed by atoms with van der Waals surface area (Å²) in [5, 5.41) is 12.1. The first kappa shape index (κ1) is 25.1. The molecule has 6 nitrogen and oxygen atoms in total. The molecule has 0 aliphatic carbocycles. The van der Waals surface area contributed by atoms with E-state index in [9.17, 15) is 9.90 Å². The second-order valence-corrected chi connectivity index (χ2v) is 10.5. The Morgan fingerprint density at radius 2 is 1.97 bits per heavy atom. The van der Waals surface area contributed by atoms with Gasteiger partial charge in [-0.05, 0) is 72.4 Å². The lowest BCUT2D eigenvalue weighted by Gasteiger charge is -2.38. The Hall–Kier alpha value is -4.16. The number of hydrogen-bond acceptors (Lipinski definition) is 5. The van der Waals surface area contributed by atoms with E-state index in [0.717, 1.165) is 34.2 Å². The van der Waals surface area contributed by atoms with Crippen LogP contribution in [0.5, 0.6) is 5.75 Å². The first-order chi connectivity index (χ1) is 18.9. The molecule has 3 heterocycles. The van der Waals surface area contributed by atoms with Gasteiger partial charge in [-0.1, -0.05) is 48.5 Å². The molecule has 0 saturated carbocycles. The van der Waals surface area contributed by atoms with Crippen LogP contribution >= 0.6 is 0 Å². The zero-order valence-electron chi connectivity index (χ0n) is 22.2. The molecule has 2 aliphatic heterocycles. The third-order valence-electron chi connectivity index (χ3n) is 8.04. The quantitative estimate of drug-likeness (QED) is 0.340. The average molecular weight is 521 g/mol. The highest BCUT2D eigenvalue weighted by Crippen LogP contribution is 2.38. The predicted molar refractivity (Wildman–Crippen MR) is 152 cm³/mol. The summed E-state index contributed by atoms with van der Waals surface area (Å²) in [6, 6.07) is 23.9. The van der Waals surface area contributed by atoms with Crippen molar-refractivity contribution in [1.82, 2.24) is 4.90 Å². The van der Waals surface area contributed by atoms with Crippen LogP contribution in [-0.4, -0.2) is 35.8 Å². The first-order valence-electron chi connectivity index (χ1n) is 13.4. The van der Waals surface area contributed by atoms with Crippen molar-refractivity contribution >= 4 is 23.1 Å². The van der Waals surface area contributed by atoms with Gasteiger partial charge in [0.2, 0.25) is 5.91 Å². The number of methoxy groups -OCH3 is 1. The van der Waals surface area contributed by atoms with Crippen LogP contribution in [0.4, 0.5) is 0 Å². The lowest BCUT2D eigenvalue weighted by Crippen LogP contribution is -2.41. The lowest BCUT2D eigenvalue weighted by molar-refractivity contribution is -0.132. The molecule has 0 saturated heterocycles. The van der Waals surface area contributed by atoms with Gasteiger partial charge < -0.3 is 19.2 Å². The molecule has 1 aromatic heterocycles. The molecule has 3 unspecified atom stereocenters. The van der Waals surface area contributed by atoms with Crippen LogP contribution in [0.2, 0.25) is 0 Å². The van der Waals surface area contributed by atoms with Crippen LogP contribution in [-0.2, 0) is 23.2 Å². The van der Waals surface area contributed by atoms with Crippen LogP contribution < -0.4 is 4.74 Å². The Bertz CT molecular complexity index is 1570. The number of hydrogen-bond donors (Lipinski definition) is 1. The number of rotatable bonds is 6. The number of carbonyl (C=O) groups excluding carboxylic acids is 1. The molecule has 6 rings (SSSR count). The largest absolute Gasteiger partial charge is 0.497 e.